The Kier molecular flexibility index (Phi) is 5.83. The molecule has 0 radical (unpaired) electrons. The molecule has 1 spiro atoms. The Morgan fingerprint density at radius 1 is 1.15 bits per heavy atom. The zero-order valence-electron chi connectivity index (χ0n) is 16.1. The van der Waals surface area contributed by atoms with E-state index in [1.165, 1.54) is 43.4 Å². The molecule has 1 N–H and O–H groups in total. The maximum Gasteiger partial charge on any atom is 0.263 e. The van der Waals surface area contributed by atoms with Gasteiger partial charge in [-0.05, 0) is 50.2 Å². The summed E-state index contributed by atoms with van der Waals surface area (Å²) in [5.74, 6) is 0.209. The molecule has 1 aromatic heterocycles. The van der Waals surface area contributed by atoms with Crippen molar-refractivity contribution in [1.82, 2.24) is 15.1 Å². The molecule has 1 aliphatic carbocycles. The van der Waals surface area contributed by atoms with E-state index in [1.54, 1.807) is 0 Å². The lowest BCUT2D eigenvalue weighted by atomic mass is 9.67. The van der Waals surface area contributed by atoms with Crippen molar-refractivity contribution in [2.24, 2.45) is 11.3 Å². The van der Waals surface area contributed by atoms with E-state index in [-0.39, 0.29) is 23.1 Å². The second-order valence-corrected chi connectivity index (χ2v) is 9.43. The summed E-state index contributed by atoms with van der Waals surface area (Å²) < 4.78 is 0. The number of carbonyl (C=O) groups excluding carboxylic acids is 2. The molecule has 3 fully saturated rings. The average Bonchev–Trinajstić information content (AvgIpc) is 3.43. The molecule has 1 aromatic rings. The Labute approximate surface area is 166 Å². The van der Waals surface area contributed by atoms with Crippen molar-refractivity contribution in [1.29, 1.82) is 0 Å². The first-order chi connectivity index (χ1) is 13.2. The summed E-state index contributed by atoms with van der Waals surface area (Å²) in [6.45, 7) is 5.31. The van der Waals surface area contributed by atoms with E-state index < -0.39 is 0 Å². The first-order valence-electron chi connectivity index (χ1n) is 10.5. The van der Waals surface area contributed by atoms with Crippen LogP contribution in [0.1, 0.15) is 54.6 Å². The lowest BCUT2D eigenvalue weighted by Crippen LogP contribution is -2.44. The highest BCUT2D eigenvalue weighted by atomic mass is 32.1. The van der Waals surface area contributed by atoms with Crippen LogP contribution in [0.4, 0.5) is 0 Å². The minimum absolute atomic E-state index is 0.0110. The Morgan fingerprint density at radius 2 is 1.93 bits per heavy atom. The fraction of sp³-hybridized carbons (Fsp3) is 0.714. The highest BCUT2D eigenvalue weighted by Gasteiger charge is 2.51. The van der Waals surface area contributed by atoms with Gasteiger partial charge in [-0.3, -0.25) is 9.59 Å². The van der Waals surface area contributed by atoms with Crippen LogP contribution >= 0.6 is 11.3 Å². The number of hydrogen-bond acceptors (Lipinski definition) is 4. The fourth-order valence-electron chi connectivity index (χ4n) is 5.27. The normalized spacial score (nSPS) is 25.2. The number of thiophene rings is 1. The minimum atomic E-state index is -0.0553. The monoisotopic (exact) mass is 389 g/mol. The van der Waals surface area contributed by atoms with E-state index in [0.29, 0.717) is 6.54 Å². The predicted molar refractivity (Wildman–Crippen MR) is 108 cm³/mol. The zero-order chi connectivity index (χ0) is 18.7. The molecule has 1 atom stereocenters. The summed E-state index contributed by atoms with van der Waals surface area (Å²) in [5.41, 5.74) is -0.0110. The van der Waals surface area contributed by atoms with Crippen LogP contribution in [0.15, 0.2) is 17.5 Å². The Balaban J connectivity index is 1.41. The van der Waals surface area contributed by atoms with Crippen LogP contribution in [0.25, 0.3) is 0 Å². The molecule has 3 heterocycles. The lowest BCUT2D eigenvalue weighted by molar-refractivity contribution is -0.128. The molecule has 2 amide bonds. The van der Waals surface area contributed by atoms with Gasteiger partial charge in [-0.15, -0.1) is 11.3 Å². The van der Waals surface area contributed by atoms with Gasteiger partial charge in [0.05, 0.1) is 10.8 Å². The van der Waals surface area contributed by atoms with Crippen molar-refractivity contribution >= 4 is 23.2 Å². The van der Waals surface area contributed by atoms with Gasteiger partial charge >= 0.3 is 0 Å². The average molecular weight is 390 g/mol. The molecule has 2 aliphatic heterocycles. The van der Waals surface area contributed by atoms with E-state index in [2.05, 4.69) is 10.2 Å². The third kappa shape index (κ3) is 4.06. The summed E-state index contributed by atoms with van der Waals surface area (Å²) in [5, 5.41) is 5.15. The highest BCUT2D eigenvalue weighted by molar-refractivity contribution is 7.12. The first kappa shape index (κ1) is 18.9. The molecule has 148 valence electrons. The number of nitrogens with zero attached hydrogens (tertiary/aromatic N) is 2. The molecule has 4 rings (SSSR count). The second-order valence-electron chi connectivity index (χ2n) is 8.48. The summed E-state index contributed by atoms with van der Waals surface area (Å²) in [7, 11) is 0. The third-order valence-electron chi connectivity index (χ3n) is 6.76. The first-order valence-corrected chi connectivity index (χ1v) is 11.4. The standard InChI is InChI=1S/C21H31N3O2S/c25-19(22-10-13-23-11-4-5-12-23)17-15-24(20(26)18-7-6-14-27-18)16-21(17)8-2-1-3-9-21/h6-7,14,17H,1-5,8-13,15-16H2,(H,22,25)/t17-/m0/s1. The van der Waals surface area contributed by atoms with E-state index >= 15 is 0 Å². The van der Waals surface area contributed by atoms with E-state index in [9.17, 15) is 9.59 Å². The number of carbonyl (C=O) groups is 2. The van der Waals surface area contributed by atoms with Crippen molar-refractivity contribution in [2.45, 2.75) is 44.9 Å². The van der Waals surface area contributed by atoms with E-state index in [4.69, 9.17) is 0 Å². The van der Waals surface area contributed by atoms with Crippen molar-refractivity contribution in [3.63, 3.8) is 0 Å². The van der Waals surface area contributed by atoms with E-state index in [1.807, 2.05) is 22.4 Å². The largest absolute Gasteiger partial charge is 0.354 e. The van der Waals surface area contributed by atoms with Crippen LogP contribution in [-0.2, 0) is 4.79 Å². The molecule has 0 bridgehead atoms. The van der Waals surface area contributed by atoms with Gasteiger partial charge in [-0.1, -0.05) is 25.3 Å². The van der Waals surface area contributed by atoms with Crippen LogP contribution in [0.3, 0.4) is 0 Å². The number of rotatable bonds is 5. The van der Waals surface area contributed by atoms with Gasteiger partial charge in [0.15, 0.2) is 0 Å². The molecule has 0 unspecified atom stereocenters. The predicted octanol–water partition coefficient (Wildman–Crippen LogP) is 2.98. The van der Waals surface area contributed by atoms with Crippen molar-refractivity contribution in [3.05, 3.63) is 22.4 Å². The molecular weight excluding hydrogens is 358 g/mol. The van der Waals surface area contributed by atoms with Gasteiger partial charge in [0.1, 0.15) is 0 Å². The second kappa shape index (κ2) is 8.31. The van der Waals surface area contributed by atoms with Crippen molar-refractivity contribution in [2.75, 3.05) is 39.3 Å². The van der Waals surface area contributed by atoms with Gasteiger partial charge in [-0.25, -0.2) is 0 Å². The Morgan fingerprint density at radius 3 is 2.63 bits per heavy atom. The van der Waals surface area contributed by atoms with Crippen LogP contribution in [0.2, 0.25) is 0 Å². The SMILES string of the molecule is O=C(NCCN1CCCC1)[C@@H]1CN(C(=O)c2cccs2)CC12CCCCC2. The molecule has 1 saturated carbocycles. The van der Waals surface area contributed by atoms with E-state index in [0.717, 1.165) is 50.4 Å². The number of amides is 2. The molecular formula is C21H31N3O2S. The van der Waals surface area contributed by atoms with Crippen molar-refractivity contribution < 1.29 is 9.59 Å². The number of hydrogen-bond donors (Lipinski definition) is 1. The number of nitrogens with one attached hydrogen (secondary N) is 1. The van der Waals surface area contributed by atoms with Gasteiger partial charge in [-0.2, -0.15) is 0 Å². The van der Waals surface area contributed by atoms with Crippen molar-refractivity contribution in [3.8, 4) is 0 Å². The molecule has 3 aliphatic rings. The number of likely N-dealkylation sites (tertiary alicyclic amines) is 2. The zero-order valence-corrected chi connectivity index (χ0v) is 16.9. The molecule has 6 heteroatoms. The van der Waals surface area contributed by atoms with Gasteiger partial charge in [0, 0.05) is 31.6 Å². The molecule has 5 nitrogen and oxygen atoms in total. The summed E-state index contributed by atoms with van der Waals surface area (Å²) >= 11 is 1.49. The maximum absolute atomic E-state index is 13.1. The Bertz CT molecular complexity index is 648. The van der Waals surface area contributed by atoms with Crippen LogP contribution in [0, 0.1) is 11.3 Å². The summed E-state index contributed by atoms with van der Waals surface area (Å²) in [6, 6.07) is 3.82. The smallest absolute Gasteiger partial charge is 0.263 e. The molecule has 0 aromatic carbocycles. The topological polar surface area (TPSA) is 52.7 Å². The molecule has 27 heavy (non-hydrogen) atoms. The van der Waals surface area contributed by atoms with Gasteiger partial charge in [0.2, 0.25) is 5.91 Å². The third-order valence-corrected chi connectivity index (χ3v) is 7.62. The molecule has 2 saturated heterocycles. The Hall–Kier alpha value is -1.40. The van der Waals surface area contributed by atoms with Crippen LogP contribution in [0.5, 0.6) is 0 Å². The lowest BCUT2D eigenvalue weighted by Gasteiger charge is -2.37. The van der Waals surface area contributed by atoms with Crippen LogP contribution < -0.4 is 5.32 Å². The minimum Gasteiger partial charge on any atom is -0.354 e. The van der Waals surface area contributed by atoms with Crippen LogP contribution in [-0.4, -0.2) is 60.9 Å². The van der Waals surface area contributed by atoms with Gasteiger partial charge in [0.25, 0.3) is 5.91 Å². The fourth-order valence-corrected chi connectivity index (χ4v) is 5.96. The summed E-state index contributed by atoms with van der Waals surface area (Å²) in [6.07, 6.45) is 8.32. The van der Waals surface area contributed by atoms with Gasteiger partial charge < -0.3 is 15.1 Å². The maximum atomic E-state index is 13.1. The highest BCUT2D eigenvalue weighted by Crippen LogP contribution is 2.48. The quantitative estimate of drug-likeness (QED) is 0.842. The summed E-state index contributed by atoms with van der Waals surface area (Å²) in [4.78, 5) is 31.1.